The van der Waals surface area contributed by atoms with Crippen LogP contribution in [0.1, 0.15) is 12.5 Å². The lowest BCUT2D eigenvalue weighted by molar-refractivity contribution is -0.225. The van der Waals surface area contributed by atoms with Crippen LogP contribution >= 0.6 is 19.4 Å². The molecule has 11 nitrogen and oxygen atoms in total. The molecule has 1 aromatic rings. The number of phosphoric acid groups is 1. The van der Waals surface area contributed by atoms with Gasteiger partial charge in [-0.15, -0.1) is 0 Å². The molecule has 0 radical (unpaired) electrons. The molecule has 31 heavy (non-hydrogen) atoms. The summed E-state index contributed by atoms with van der Waals surface area (Å²) in [4.78, 5) is 12.5. The van der Waals surface area contributed by atoms with Crippen LogP contribution in [0.3, 0.4) is 0 Å². The third kappa shape index (κ3) is 4.18. The van der Waals surface area contributed by atoms with E-state index >= 15 is 4.39 Å². The van der Waals surface area contributed by atoms with Crippen molar-refractivity contribution in [2.75, 3.05) is 6.61 Å². The van der Waals surface area contributed by atoms with Crippen molar-refractivity contribution in [3.63, 3.8) is 0 Å². The van der Waals surface area contributed by atoms with Gasteiger partial charge < -0.3 is 34.8 Å². The van der Waals surface area contributed by atoms with Gasteiger partial charge in [-0.25, -0.2) is 8.96 Å². The number of benzene rings is 1. The maximum Gasteiger partial charge on any atom is 0.530 e. The summed E-state index contributed by atoms with van der Waals surface area (Å²) < 4.78 is 48.4. The van der Waals surface area contributed by atoms with E-state index in [1.54, 1.807) is 6.07 Å². The lowest BCUT2D eigenvalue weighted by Crippen LogP contribution is -2.56. The molecule has 2 unspecified atom stereocenters. The van der Waals surface area contributed by atoms with Gasteiger partial charge in [-0.1, -0.05) is 11.6 Å². The highest BCUT2D eigenvalue weighted by Gasteiger charge is 2.59. The van der Waals surface area contributed by atoms with Crippen molar-refractivity contribution in [2.45, 2.75) is 44.2 Å². The average Bonchev–Trinajstić information content (AvgIpc) is 2.94. The van der Waals surface area contributed by atoms with Crippen molar-refractivity contribution in [1.82, 2.24) is 10.2 Å². The SMILES string of the molecule is CC1=CN([C@@H]2O[C@](F)(COP3(=O)OCc4cc(Cl)ccc4O3)[C@@H](O)[C@H]2O)C(O)NC1=O. The molecular weight excluding hydrogens is 462 g/mol. The highest BCUT2D eigenvalue weighted by atomic mass is 35.5. The number of aliphatic hydroxyl groups excluding tert-OH is 3. The van der Waals surface area contributed by atoms with Gasteiger partial charge in [0.25, 0.3) is 11.8 Å². The van der Waals surface area contributed by atoms with Gasteiger partial charge in [0.1, 0.15) is 24.6 Å². The summed E-state index contributed by atoms with van der Waals surface area (Å²) in [6.45, 7) is 0.123. The van der Waals surface area contributed by atoms with Crippen molar-refractivity contribution >= 4 is 25.3 Å². The van der Waals surface area contributed by atoms with Crippen molar-refractivity contribution in [2.24, 2.45) is 0 Å². The molecule has 1 amide bonds. The molecule has 0 bridgehead atoms. The molecule has 14 heteroatoms. The molecule has 4 rings (SSSR count). The molecule has 170 valence electrons. The lowest BCUT2D eigenvalue weighted by Gasteiger charge is -2.36. The molecule has 3 heterocycles. The van der Waals surface area contributed by atoms with E-state index in [1.807, 2.05) is 0 Å². The summed E-state index contributed by atoms with van der Waals surface area (Å²) in [5.41, 5.74) is 0.656. The predicted octanol–water partition coefficient (Wildman–Crippen LogP) is 0.729. The molecule has 0 saturated carbocycles. The summed E-state index contributed by atoms with van der Waals surface area (Å²) in [5.74, 6) is -3.43. The minimum Gasteiger partial charge on any atom is -0.404 e. The van der Waals surface area contributed by atoms with E-state index in [0.717, 1.165) is 11.1 Å². The number of alkyl halides is 1. The van der Waals surface area contributed by atoms with Crippen molar-refractivity contribution in [1.29, 1.82) is 0 Å². The first-order valence-electron chi connectivity index (χ1n) is 9.06. The third-order valence-electron chi connectivity index (χ3n) is 4.94. The number of aliphatic hydroxyl groups is 3. The molecule has 0 aromatic heterocycles. The molecule has 0 aliphatic carbocycles. The van der Waals surface area contributed by atoms with E-state index in [9.17, 15) is 24.7 Å². The molecule has 3 aliphatic rings. The number of nitrogens with zero attached hydrogens (tertiary/aromatic N) is 1. The Balaban J connectivity index is 1.47. The minimum atomic E-state index is -4.27. The smallest absolute Gasteiger partial charge is 0.404 e. The summed E-state index contributed by atoms with van der Waals surface area (Å²) in [5, 5.41) is 33.0. The molecular formula is C17H19ClFN2O9P. The Morgan fingerprint density at radius 2 is 2.16 bits per heavy atom. The number of fused-ring (bicyclic) bond motifs is 1. The van der Waals surface area contributed by atoms with Crippen LogP contribution in [0.25, 0.3) is 0 Å². The first kappa shape index (κ1) is 22.4. The van der Waals surface area contributed by atoms with Gasteiger partial charge in [0, 0.05) is 22.4 Å². The zero-order valence-corrected chi connectivity index (χ0v) is 17.6. The monoisotopic (exact) mass is 480 g/mol. The Labute approximate surface area is 180 Å². The molecule has 0 spiro atoms. The van der Waals surface area contributed by atoms with Gasteiger partial charge in [-0.2, -0.15) is 0 Å². The van der Waals surface area contributed by atoms with Gasteiger partial charge in [0.05, 0.1) is 6.61 Å². The zero-order chi connectivity index (χ0) is 22.6. The van der Waals surface area contributed by atoms with Gasteiger partial charge >= 0.3 is 7.82 Å². The number of hydrogen-bond acceptors (Lipinski definition) is 10. The quantitative estimate of drug-likeness (QED) is 0.455. The first-order chi connectivity index (χ1) is 14.5. The van der Waals surface area contributed by atoms with Crippen LogP contribution in [0.15, 0.2) is 30.0 Å². The van der Waals surface area contributed by atoms with E-state index in [2.05, 4.69) is 5.32 Å². The second-order valence-electron chi connectivity index (χ2n) is 7.17. The topological polar surface area (TPSA) is 147 Å². The van der Waals surface area contributed by atoms with Crippen LogP contribution < -0.4 is 9.84 Å². The highest BCUT2D eigenvalue weighted by Crippen LogP contribution is 2.55. The Hall–Kier alpha value is -1.76. The van der Waals surface area contributed by atoms with E-state index in [1.165, 1.54) is 19.1 Å². The van der Waals surface area contributed by atoms with E-state index in [-0.39, 0.29) is 17.9 Å². The van der Waals surface area contributed by atoms with Gasteiger partial charge in [0.15, 0.2) is 6.23 Å². The highest BCUT2D eigenvalue weighted by molar-refractivity contribution is 7.49. The number of ether oxygens (including phenoxy) is 1. The largest absolute Gasteiger partial charge is 0.530 e. The van der Waals surface area contributed by atoms with Crippen molar-refractivity contribution in [3.8, 4) is 5.75 Å². The second kappa shape index (κ2) is 7.98. The maximum atomic E-state index is 15.3. The van der Waals surface area contributed by atoms with E-state index < -0.39 is 51.0 Å². The first-order valence-corrected chi connectivity index (χ1v) is 10.9. The zero-order valence-electron chi connectivity index (χ0n) is 16.0. The normalized spacial score (nSPS) is 37.7. The molecule has 1 saturated heterocycles. The van der Waals surface area contributed by atoms with Gasteiger partial charge in [0.2, 0.25) is 6.35 Å². The van der Waals surface area contributed by atoms with Crippen LogP contribution in [0.4, 0.5) is 4.39 Å². The Bertz CT molecular complexity index is 981. The predicted molar refractivity (Wildman–Crippen MR) is 101 cm³/mol. The summed E-state index contributed by atoms with van der Waals surface area (Å²) in [7, 11) is -4.27. The second-order valence-corrected chi connectivity index (χ2v) is 9.20. The number of rotatable bonds is 4. The molecule has 4 N–H and O–H groups in total. The Morgan fingerprint density at radius 3 is 2.90 bits per heavy atom. The van der Waals surface area contributed by atoms with Crippen molar-refractivity contribution in [3.05, 3.63) is 40.6 Å². The van der Waals surface area contributed by atoms with Crippen molar-refractivity contribution < 1.29 is 47.4 Å². The number of hydrogen-bond donors (Lipinski definition) is 4. The van der Waals surface area contributed by atoms with Gasteiger partial charge in [-0.3, -0.25) is 13.8 Å². The fourth-order valence-corrected chi connectivity index (χ4v) is 4.68. The number of phosphoric ester groups is 1. The number of carbonyl (C=O) groups excluding carboxylic acids is 1. The molecule has 1 aromatic carbocycles. The molecule has 1 fully saturated rings. The Morgan fingerprint density at radius 1 is 1.42 bits per heavy atom. The van der Waals surface area contributed by atoms with Crippen LogP contribution in [0, 0.1) is 0 Å². The van der Waals surface area contributed by atoms with Gasteiger partial charge in [-0.05, 0) is 25.1 Å². The minimum absolute atomic E-state index is 0.149. The average molecular weight is 481 g/mol. The van der Waals surface area contributed by atoms with Crippen LogP contribution in [-0.2, 0) is 29.8 Å². The fraction of sp³-hybridized carbons (Fsp3) is 0.471. The summed E-state index contributed by atoms with van der Waals surface area (Å²) in [6, 6.07) is 4.48. The molecule has 6 atom stereocenters. The van der Waals surface area contributed by atoms with E-state index in [4.69, 9.17) is 29.9 Å². The summed E-state index contributed by atoms with van der Waals surface area (Å²) >= 11 is 5.87. The Kier molecular flexibility index (Phi) is 5.78. The van der Waals surface area contributed by atoms with Crippen LogP contribution in [-0.4, -0.2) is 63.4 Å². The number of carbonyl (C=O) groups is 1. The summed E-state index contributed by atoms with van der Waals surface area (Å²) in [6.07, 6.45) is -6.07. The number of halogens is 2. The maximum absolute atomic E-state index is 15.3. The standard InChI is InChI=1S/C17H19ClFN2O9P/c1-8-5-21(16(25)20-14(8)24)15-12(22)13(23)17(19,29-15)7-28-31(26)27-6-9-4-10(18)2-3-11(9)30-31/h2-5,12-13,15-16,22-23,25H,6-7H2,1H3,(H,20,24)/t12-,13+,15-,16?,17-,31?/m1/s1. The number of nitrogens with one attached hydrogen (secondary N) is 1. The lowest BCUT2D eigenvalue weighted by atomic mass is 10.1. The number of amides is 1. The fourth-order valence-electron chi connectivity index (χ4n) is 3.25. The van der Waals surface area contributed by atoms with E-state index in [0.29, 0.717) is 10.6 Å². The van der Waals surface area contributed by atoms with Crippen LogP contribution in [0.2, 0.25) is 5.02 Å². The molecule has 3 aliphatic heterocycles. The third-order valence-corrected chi connectivity index (χ3v) is 6.49. The van der Waals surface area contributed by atoms with Crippen LogP contribution in [0.5, 0.6) is 5.75 Å².